The first kappa shape index (κ1) is 33.1. The van der Waals surface area contributed by atoms with Crippen LogP contribution in [0, 0.1) is 0 Å². The van der Waals surface area contributed by atoms with Crippen molar-refractivity contribution in [3.8, 4) is 5.75 Å². The number of carboxylic acids is 1. The number of amides is 4. The van der Waals surface area contributed by atoms with Crippen molar-refractivity contribution in [3.05, 3.63) is 65.7 Å². The van der Waals surface area contributed by atoms with Crippen molar-refractivity contribution in [3.63, 3.8) is 0 Å². The van der Waals surface area contributed by atoms with Crippen LogP contribution in [0.25, 0.3) is 0 Å². The molecule has 9 N–H and O–H groups in total. The van der Waals surface area contributed by atoms with E-state index in [2.05, 4.69) is 16.0 Å². The van der Waals surface area contributed by atoms with E-state index >= 15 is 0 Å². The van der Waals surface area contributed by atoms with Crippen LogP contribution in [0.5, 0.6) is 5.75 Å². The van der Waals surface area contributed by atoms with Gasteiger partial charge in [-0.3, -0.25) is 19.2 Å². The summed E-state index contributed by atoms with van der Waals surface area (Å²) in [6.07, 6.45) is 1.85. The van der Waals surface area contributed by atoms with Crippen molar-refractivity contribution in [1.29, 1.82) is 0 Å². The lowest BCUT2D eigenvalue weighted by Crippen LogP contribution is -2.58. The van der Waals surface area contributed by atoms with Gasteiger partial charge in [-0.1, -0.05) is 42.5 Å². The summed E-state index contributed by atoms with van der Waals surface area (Å²) in [5.74, 6) is -3.43. The van der Waals surface area contributed by atoms with Gasteiger partial charge in [0.1, 0.15) is 23.9 Å². The maximum Gasteiger partial charge on any atom is 0.326 e. The third-order valence-electron chi connectivity index (χ3n) is 6.18. The molecular weight excluding hydrogens is 550 g/mol. The lowest BCUT2D eigenvalue weighted by Gasteiger charge is -2.25. The first-order valence-electron chi connectivity index (χ1n) is 13.0. The maximum absolute atomic E-state index is 13.4. The average Bonchev–Trinajstić information content (AvgIpc) is 2.94. The minimum Gasteiger partial charge on any atom is -0.508 e. The fraction of sp³-hybridized carbons (Fsp3) is 0.393. The van der Waals surface area contributed by atoms with Gasteiger partial charge in [-0.2, -0.15) is 11.8 Å². The number of aliphatic carboxylic acids is 1. The number of carboxylic acid groups (broad SMARTS) is 1. The molecule has 0 bridgehead atoms. The van der Waals surface area contributed by atoms with E-state index in [-0.39, 0.29) is 37.9 Å². The largest absolute Gasteiger partial charge is 0.508 e. The minimum absolute atomic E-state index is 0.0458. The third-order valence-corrected chi connectivity index (χ3v) is 6.83. The second-order valence-electron chi connectivity index (χ2n) is 9.48. The fourth-order valence-electron chi connectivity index (χ4n) is 3.91. The number of nitrogens with two attached hydrogens (primary N) is 2. The number of benzene rings is 2. The van der Waals surface area contributed by atoms with E-state index in [0.29, 0.717) is 11.3 Å². The van der Waals surface area contributed by atoms with Crippen LogP contribution in [-0.2, 0) is 36.8 Å². The minimum atomic E-state index is -1.39. The molecule has 41 heavy (non-hydrogen) atoms. The second-order valence-corrected chi connectivity index (χ2v) is 10.5. The van der Waals surface area contributed by atoms with Gasteiger partial charge in [0.15, 0.2) is 0 Å². The zero-order chi connectivity index (χ0) is 30.4. The zero-order valence-corrected chi connectivity index (χ0v) is 23.6. The van der Waals surface area contributed by atoms with Gasteiger partial charge >= 0.3 is 5.97 Å². The smallest absolute Gasteiger partial charge is 0.326 e. The van der Waals surface area contributed by atoms with Crippen LogP contribution in [0.15, 0.2) is 54.6 Å². The number of aromatic hydroxyl groups is 1. The molecule has 0 aliphatic rings. The van der Waals surface area contributed by atoms with Gasteiger partial charge in [0.2, 0.25) is 23.6 Å². The number of carbonyl (C=O) groups excluding carboxylic acids is 4. The van der Waals surface area contributed by atoms with E-state index in [0.717, 1.165) is 5.56 Å². The van der Waals surface area contributed by atoms with Gasteiger partial charge < -0.3 is 37.6 Å². The number of hydrogen-bond acceptors (Lipinski definition) is 8. The number of primary amides is 1. The molecule has 0 fully saturated rings. The van der Waals surface area contributed by atoms with Crippen molar-refractivity contribution in [2.75, 3.05) is 12.0 Å². The van der Waals surface area contributed by atoms with E-state index in [1.165, 1.54) is 23.9 Å². The molecule has 2 aromatic rings. The molecule has 12 nitrogen and oxygen atoms in total. The Hall–Kier alpha value is -4.10. The van der Waals surface area contributed by atoms with Crippen LogP contribution >= 0.6 is 11.8 Å². The zero-order valence-electron chi connectivity index (χ0n) is 22.7. The van der Waals surface area contributed by atoms with Crippen molar-refractivity contribution in [2.24, 2.45) is 11.5 Å². The molecule has 0 aliphatic heterocycles. The topological polar surface area (TPSA) is 214 Å². The molecule has 222 valence electrons. The van der Waals surface area contributed by atoms with Gasteiger partial charge in [-0.25, -0.2) is 4.79 Å². The van der Waals surface area contributed by atoms with Gasteiger partial charge in [0.05, 0.1) is 6.04 Å². The van der Waals surface area contributed by atoms with Gasteiger partial charge in [-0.15, -0.1) is 0 Å². The molecule has 4 amide bonds. The first-order valence-corrected chi connectivity index (χ1v) is 14.4. The van der Waals surface area contributed by atoms with E-state index in [9.17, 15) is 34.2 Å². The number of thioether (sulfide) groups is 1. The monoisotopic (exact) mass is 587 g/mol. The lowest BCUT2D eigenvalue weighted by molar-refractivity contribution is -0.142. The van der Waals surface area contributed by atoms with Crippen molar-refractivity contribution >= 4 is 41.4 Å². The van der Waals surface area contributed by atoms with Crippen LogP contribution in [-0.4, -0.2) is 76.0 Å². The molecule has 4 unspecified atom stereocenters. The molecule has 0 heterocycles. The SMILES string of the molecule is CSCCC(NC(=O)C(N)Cc1ccc(O)cc1)C(=O)NC(Cc1ccccc1)C(=O)NC(CCC(N)=O)C(=O)O. The summed E-state index contributed by atoms with van der Waals surface area (Å²) in [6.45, 7) is 0. The Morgan fingerprint density at radius 2 is 1.34 bits per heavy atom. The normalized spacial score (nSPS) is 13.7. The molecule has 0 aliphatic carbocycles. The van der Waals surface area contributed by atoms with E-state index in [1.807, 2.05) is 6.26 Å². The quantitative estimate of drug-likeness (QED) is 0.133. The molecule has 2 rings (SSSR count). The Morgan fingerprint density at radius 1 is 0.780 bits per heavy atom. The highest BCUT2D eigenvalue weighted by Crippen LogP contribution is 2.12. The molecule has 0 aromatic heterocycles. The van der Waals surface area contributed by atoms with Crippen LogP contribution in [0.4, 0.5) is 0 Å². The Labute approximate surface area is 242 Å². The first-order chi connectivity index (χ1) is 19.5. The third kappa shape index (κ3) is 11.9. The number of rotatable bonds is 17. The number of hydrogen-bond donors (Lipinski definition) is 7. The van der Waals surface area contributed by atoms with Crippen LogP contribution in [0.1, 0.15) is 30.4 Å². The molecular formula is C28H37N5O7S. The van der Waals surface area contributed by atoms with E-state index < -0.39 is 53.8 Å². The van der Waals surface area contributed by atoms with E-state index in [4.69, 9.17) is 11.5 Å². The number of nitrogens with one attached hydrogen (secondary N) is 3. The summed E-state index contributed by atoms with van der Waals surface area (Å²) >= 11 is 1.47. The van der Waals surface area contributed by atoms with E-state index in [1.54, 1.807) is 42.5 Å². The summed E-state index contributed by atoms with van der Waals surface area (Å²) in [6, 6.07) is 10.5. The van der Waals surface area contributed by atoms with Crippen molar-refractivity contribution in [1.82, 2.24) is 16.0 Å². The standard InChI is InChI=1S/C28H37N5O7S/c1-41-14-13-21(31-25(36)20(29)15-18-7-9-19(34)10-8-18)26(37)33-23(16-17-5-3-2-4-6-17)27(38)32-22(28(39)40)11-12-24(30)35/h2-10,20-23,34H,11-16,29H2,1H3,(H2,30,35)(H,31,36)(H,32,38)(H,33,37)(H,39,40). The van der Waals surface area contributed by atoms with Crippen LogP contribution < -0.4 is 27.4 Å². The van der Waals surface area contributed by atoms with Gasteiger partial charge in [0, 0.05) is 12.8 Å². The summed E-state index contributed by atoms with van der Waals surface area (Å²) in [4.78, 5) is 62.3. The predicted octanol–water partition coefficient (Wildman–Crippen LogP) is 0.0623. The Bertz CT molecular complexity index is 1180. The maximum atomic E-state index is 13.4. The van der Waals surface area contributed by atoms with Crippen LogP contribution in [0.2, 0.25) is 0 Å². The molecule has 13 heteroatoms. The Kier molecular flexibility index (Phi) is 13.6. The number of phenols is 1. The highest BCUT2D eigenvalue weighted by atomic mass is 32.2. The van der Waals surface area contributed by atoms with Gasteiger partial charge in [-0.05, 0) is 54.5 Å². The molecule has 0 spiro atoms. The molecule has 0 radical (unpaired) electrons. The lowest BCUT2D eigenvalue weighted by atomic mass is 10.0. The molecule has 0 saturated carbocycles. The Balaban J connectivity index is 2.18. The number of phenolic OH excluding ortho intramolecular Hbond substituents is 1. The summed E-state index contributed by atoms with van der Waals surface area (Å²) in [5, 5.41) is 26.7. The highest BCUT2D eigenvalue weighted by Gasteiger charge is 2.30. The molecule has 4 atom stereocenters. The predicted molar refractivity (Wildman–Crippen MR) is 155 cm³/mol. The highest BCUT2D eigenvalue weighted by molar-refractivity contribution is 7.98. The summed E-state index contributed by atoms with van der Waals surface area (Å²) in [5.41, 5.74) is 12.6. The Morgan fingerprint density at radius 3 is 1.93 bits per heavy atom. The average molecular weight is 588 g/mol. The van der Waals surface area contributed by atoms with Crippen molar-refractivity contribution in [2.45, 2.75) is 56.3 Å². The van der Waals surface area contributed by atoms with Crippen LogP contribution in [0.3, 0.4) is 0 Å². The molecule has 0 saturated heterocycles. The second kappa shape index (κ2) is 16.9. The van der Waals surface area contributed by atoms with Crippen molar-refractivity contribution < 1.29 is 34.2 Å². The summed E-state index contributed by atoms with van der Waals surface area (Å²) < 4.78 is 0. The fourth-order valence-corrected chi connectivity index (χ4v) is 4.38. The van der Waals surface area contributed by atoms with Gasteiger partial charge in [0.25, 0.3) is 0 Å². The summed E-state index contributed by atoms with van der Waals surface area (Å²) in [7, 11) is 0. The number of carbonyl (C=O) groups is 5. The molecule has 2 aromatic carbocycles.